The summed E-state index contributed by atoms with van der Waals surface area (Å²) in [5.74, 6) is 0. The van der Waals surface area contributed by atoms with Crippen LogP contribution in [0.1, 0.15) is 0 Å². The normalized spacial score (nSPS) is 41.0. The van der Waals surface area contributed by atoms with Crippen LogP contribution in [0, 0.1) is 0 Å². The van der Waals surface area contributed by atoms with E-state index in [2.05, 4.69) is 9.26 Å². The molecule has 0 spiro atoms. The highest BCUT2D eigenvalue weighted by molar-refractivity contribution is 7.43. The molecule has 16 heavy (non-hydrogen) atoms. The molecule has 10 heteroatoms. The van der Waals surface area contributed by atoms with Gasteiger partial charge in [-0.05, 0) is 0 Å². The minimum atomic E-state index is -5.23. The maximum absolute atomic E-state index is 10.1. The predicted octanol–water partition coefficient (Wildman–Crippen LogP) is -4.37. The van der Waals surface area contributed by atoms with Crippen molar-refractivity contribution in [1.82, 2.24) is 0 Å². The van der Waals surface area contributed by atoms with Crippen LogP contribution in [0.2, 0.25) is 0 Å². The Balaban J connectivity index is 2.57. The van der Waals surface area contributed by atoms with Crippen LogP contribution in [0.15, 0.2) is 0 Å². The molecule has 1 fully saturated rings. The predicted molar refractivity (Wildman–Crippen MR) is 42.5 cm³/mol. The molecule has 5 atom stereocenters. The molecular formula is C6H11O9P-2. The number of hydrogen-bond acceptors (Lipinski definition) is 9. The first kappa shape index (κ1) is 14.0. The molecule has 0 aromatic rings. The second-order valence-corrected chi connectivity index (χ2v) is 4.43. The maximum atomic E-state index is 10.1. The third-order valence-corrected chi connectivity index (χ3v) is 2.55. The van der Waals surface area contributed by atoms with Crippen LogP contribution in [0.3, 0.4) is 0 Å². The van der Waals surface area contributed by atoms with E-state index in [1.807, 2.05) is 0 Å². The van der Waals surface area contributed by atoms with Gasteiger partial charge in [-0.15, -0.1) is 0 Å². The number of aliphatic hydroxyl groups excluding tert-OH is 4. The largest absolute Gasteiger partial charge is 0.790 e. The molecule has 1 heterocycles. The smallest absolute Gasteiger partial charge is 0.184 e. The molecule has 0 aliphatic carbocycles. The Labute approximate surface area is 90.1 Å². The second-order valence-electron chi connectivity index (χ2n) is 3.28. The Hall–Kier alpha value is -0.0900. The molecule has 1 aliphatic heterocycles. The molecule has 0 aromatic heterocycles. The van der Waals surface area contributed by atoms with E-state index < -0.39 is 45.1 Å². The van der Waals surface area contributed by atoms with Gasteiger partial charge in [0.2, 0.25) is 0 Å². The van der Waals surface area contributed by atoms with E-state index in [0.29, 0.717) is 0 Å². The molecule has 4 N–H and O–H groups in total. The third-order valence-electron chi connectivity index (χ3n) is 2.08. The van der Waals surface area contributed by atoms with Crippen molar-refractivity contribution in [3.63, 3.8) is 0 Å². The van der Waals surface area contributed by atoms with Gasteiger partial charge in [-0.3, -0.25) is 0 Å². The summed E-state index contributed by atoms with van der Waals surface area (Å²) in [5.41, 5.74) is 0. The highest BCUT2D eigenvalue weighted by Gasteiger charge is 2.43. The summed E-state index contributed by atoms with van der Waals surface area (Å²) in [6, 6.07) is 0. The molecule has 1 aliphatic rings. The SMILES string of the molecule is O=P([O-])([O-])OC[C@H]1O[C@@H](O)[C@H](O)[C@H](O)[C@@H]1O. The fourth-order valence-corrected chi connectivity index (χ4v) is 1.56. The number of ether oxygens (including phenoxy) is 1. The van der Waals surface area contributed by atoms with E-state index in [-0.39, 0.29) is 0 Å². The van der Waals surface area contributed by atoms with Crippen molar-refractivity contribution in [2.75, 3.05) is 6.61 Å². The molecule has 9 nitrogen and oxygen atoms in total. The van der Waals surface area contributed by atoms with Crippen LogP contribution >= 0.6 is 7.82 Å². The highest BCUT2D eigenvalue weighted by Crippen LogP contribution is 2.27. The van der Waals surface area contributed by atoms with Crippen molar-refractivity contribution in [3.8, 4) is 0 Å². The lowest BCUT2D eigenvalue weighted by Crippen LogP contribution is -2.58. The second kappa shape index (κ2) is 5.05. The van der Waals surface area contributed by atoms with Crippen LogP contribution in [-0.4, -0.2) is 57.7 Å². The Kier molecular flexibility index (Phi) is 4.41. The van der Waals surface area contributed by atoms with Gasteiger partial charge >= 0.3 is 0 Å². The van der Waals surface area contributed by atoms with Crippen LogP contribution < -0.4 is 9.79 Å². The average Bonchev–Trinajstić information content (AvgIpc) is 2.17. The van der Waals surface area contributed by atoms with Gasteiger partial charge in [0.05, 0.1) is 14.4 Å². The van der Waals surface area contributed by atoms with Crippen molar-refractivity contribution in [2.45, 2.75) is 30.7 Å². The lowest BCUT2D eigenvalue weighted by molar-refractivity contribution is -0.347. The highest BCUT2D eigenvalue weighted by atomic mass is 31.2. The first-order chi connectivity index (χ1) is 7.22. The maximum Gasteiger partial charge on any atom is 0.184 e. The molecule has 0 amide bonds. The minimum Gasteiger partial charge on any atom is -0.790 e. The number of phosphoric acid groups is 1. The van der Waals surface area contributed by atoms with E-state index in [0.717, 1.165) is 0 Å². The van der Waals surface area contributed by atoms with Gasteiger partial charge in [-0.2, -0.15) is 0 Å². The van der Waals surface area contributed by atoms with Crippen LogP contribution in [0.4, 0.5) is 0 Å². The summed E-state index contributed by atoms with van der Waals surface area (Å²) in [6.07, 6.45) is -8.35. The fourth-order valence-electron chi connectivity index (χ4n) is 1.23. The quantitative estimate of drug-likeness (QED) is 0.366. The fraction of sp³-hybridized carbons (Fsp3) is 1.00. The van der Waals surface area contributed by atoms with Gasteiger partial charge in [0.25, 0.3) is 0 Å². The zero-order valence-electron chi connectivity index (χ0n) is 7.87. The number of hydrogen-bond donors (Lipinski definition) is 4. The van der Waals surface area contributed by atoms with Gasteiger partial charge in [-0.25, -0.2) is 0 Å². The van der Waals surface area contributed by atoms with Crippen molar-refractivity contribution < 1.29 is 44.0 Å². The average molecular weight is 258 g/mol. The first-order valence-electron chi connectivity index (χ1n) is 4.26. The summed E-state index contributed by atoms with van der Waals surface area (Å²) in [7, 11) is -5.23. The molecule has 0 saturated carbocycles. The molecule has 96 valence electrons. The monoisotopic (exact) mass is 258 g/mol. The van der Waals surface area contributed by atoms with E-state index in [1.54, 1.807) is 0 Å². The molecule has 0 aromatic carbocycles. The molecule has 0 radical (unpaired) electrons. The molecule has 1 rings (SSSR count). The van der Waals surface area contributed by atoms with E-state index >= 15 is 0 Å². The van der Waals surface area contributed by atoms with E-state index in [1.165, 1.54) is 0 Å². The lowest BCUT2D eigenvalue weighted by atomic mass is 10.00. The van der Waals surface area contributed by atoms with Gasteiger partial charge in [-0.1, -0.05) is 0 Å². The Morgan fingerprint density at radius 1 is 1.12 bits per heavy atom. The Morgan fingerprint density at radius 2 is 1.69 bits per heavy atom. The van der Waals surface area contributed by atoms with Crippen molar-refractivity contribution >= 4 is 7.82 Å². The van der Waals surface area contributed by atoms with Crippen LogP contribution in [0.25, 0.3) is 0 Å². The molecule has 0 bridgehead atoms. The third kappa shape index (κ3) is 3.45. The van der Waals surface area contributed by atoms with Gasteiger partial charge in [0.1, 0.15) is 24.4 Å². The summed E-state index contributed by atoms with van der Waals surface area (Å²) < 4.78 is 18.5. The van der Waals surface area contributed by atoms with Gasteiger partial charge in [0, 0.05) is 0 Å². The number of phosphoric ester groups is 1. The summed E-state index contributed by atoms with van der Waals surface area (Å²) in [6.45, 7) is -0.855. The van der Waals surface area contributed by atoms with Crippen molar-refractivity contribution in [1.29, 1.82) is 0 Å². The molecule has 1 saturated heterocycles. The summed E-state index contributed by atoms with van der Waals surface area (Å²) in [4.78, 5) is 20.3. The van der Waals surface area contributed by atoms with Gasteiger partial charge < -0.3 is 44.0 Å². The zero-order chi connectivity index (χ0) is 12.5. The minimum absolute atomic E-state index is 0.855. The summed E-state index contributed by atoms with van der Waals surface area (Å²) >= 11 is 0. The van der Waals surface area contributed by atoms with Crippen LogP contribution in [-0.2, 0) is 13.8 Å². The Bertz CT molecular complexity index is 277. The van der Waals surface area contributed by atoms with E-state index in [9.17, 15) is 24.6 Å². The van der Waals surface area contributed by atoms with Gasteiger partial charge in [0.15, 0.2) is 6.29 Å². The van der Waals surface area contributed by atoms with Crippen molar-refractivity contribution in [3.05, 3.63) is 0 Å². The topological polar surface area (TPSA) is 163 Å². The lowest BCUT2D eigenvalue weighted by Gasteiger charge is -2.39. The number of aliphatic hydroxyl groups is 4. The standard InChI is InChI=1S/C6H13O9P/c7-3-2(1-14-16(11,12)13)15-6(10)5(9)4(3)8/h2-10H,1H2,(H2,11,12,13)/p-2/t2-,3-,4-,5-,6-/m1/s1. The first-order valence-corrected chi connectivity index (χ1v) is 5.73. The van der Waals surface area contributed by atoms with Crippen LogP contribution in [0.5, 0.6) is 0 Å². The molecule has 0 unspecified atom stereocenters. The van der Waals surface area contributed by atoms with E-state index in [4.69, 9.17) is 10.2 Å². The Morgan fingerprint density at radius 3 is 2.19 bits per heavy atom. The molecular weight excluding hydrogens is 247 g/mol. The number of rotatable bonds is 3. The van der Waals surface area contributed by atoms with Crippen molar-refractivity contribution in [2.24, 2.45) is 0 Å². The summed E-state index contributed by atoms with van der Waals surface area (Å²) in [5, 5.41) is 36.6. The zero-order valence-corrected chi connectivity index (χ0v) is 8.77.